The molecular formula is C29H32N2O4. The standard InChI is InChI=1S/C29H32N2O4/c1-19-9-11-24-25(17-30-14-13-21-16-23(34-3)10-12-27(21)35-4)28(29(32)33)31(26(24)15-19)18-22-8-6-5-7-20(22)2/h5-12,15-16,30H,13-14,17-18H2,1-4H3,(H,32,33). The third-order valence-corrected chi connectivity index (χ3v) is 6.48. The van der Waals surface area contributed by atoms with E-state index in [9.17, 15) is 9.90 Å². The average Bonchev–Trinajstić information content (AvgIpc) is 3.15. The van der Waals surface area contributed by atoms with Crippen molar-refractivity contribution in [3.8, 4) is 11.5 Å². The smallest absolute Gasteiger partial charge is 0.352 e. The quantitative estimate of drug-likeness (QED) is 0.304. The van der Waals surface area contributed by atoms with Crippen molar-refractivity contribution in [3.05, 3.63) is 94.2 Å². The monoisotopic (exact) mass is 472 g/mol. The Hall–Kier alpha value is -3.77. The van der Waals surface area contributed by atoms with Gasteiger partial charge >= 0.3 is 5.97 Å². The summed E-state index contributed by atoms with van der Waals surface area (Å²) in [5.74, 6) is 0.673. The fourth-order valence-electron chi connectivity index (χ4n) is 4.59. The molecule has 0 saturated heterocycles. The minimum Gasteiger partial charge on any atom is -0.497 e. The van der Waals surface area contributed by atoms with Crippen LogP contribution in [0.25, 0.3) is 10.9 Å². The van der Waals surface area contributed by atoms with E-state index in [-0.39, 0.29) is 0 Å². The van der Waals surface area contributed by atoms with Gasteiger partial charge in [-0.1, -0.05) is 36.4 Å². The number of hydrogen-bond acceptors (Lipinski definition) is 4. The van der Waals surface area contributed by atoms with Crippen molar-refractivity contribution in [2.24, 2.45) is 0 Å². The Bertz CT molecular complexity index is 1360. The zero-order chi connectivity index (χ0) is 24.9. The second kappa shape index (κ2) is 10.7. The van der Waals surface area contributed by atoms with E-state index in [2.05, 4.69) is 30.4 Å². The van der Waals surface area contributed by atoms with Crippen LogP contribution in [0.3, 0.4) is 0 Å². The van der Waals surface area contributed by atoms with Crippen molar-refractivity contribution >= 4 is 16.9 Å². The molecule has 4 rings (SSSR count). The molecule has 0 fully saturated rings. The number of carboxylic acid groups (broad SMARTS) is 1. The predicted molar refractivity (Wildman–Crippen MR) is 139 cm³/mol. The normalized spacial score (nSPS) is 11.1. The van der Waals surface area contributed by atoms with E-state index in [1.54, 1.807) is 14.2 Å². The summed E-state index contributed by atoms with van der Waals surface area (Å²) in [5, 5.41) is 14.7. The molecule has 4 aromatic rings. The highest BCUT2D eigenvalue weighted by Crippen LogP contribution is 2.29. The van der Waals surface area contributed by atoms with Crippen LogP contribution in [0, 0.1) is 13.8 Å². The molecule has 1 heterocycles. The molecule has 0 atom stereocenters. The fourth-order valence-corrected chi connectivity index (χ4v) is 4.59. The highest BCUT2D eigenvalue weighted by atomic mass is 16.5. The maximum absolute atomic E-state index is 12.5. The zero-order valence-corrected chi connectivity index (χ0v) is 20.7. The number of fused-ring (bicyclic) bond motifs is 1. The van der Waals surface area contributed by atoms with Gasteiger partial charge in [0, 0.05) is 29.6 Å². The largest absolute Gasteiger partial charge is 0.497 e. The summed E-state index contributed by atoms with van der Waals surface area (Å²) in [4.78, 5) is 12.5. The molecule has 2 N–H and O–H groups in total. The first-order valence-corrected chi connectivity index (χ1v) is 11.7. The summed E-state index contributed by atoms with van der Waals surface area (Å²) < 4.78 is 12.8. The Labute approximate surface area is 206 Å². The van der Waals surface area contributed by atoms with Gasteiger partial charge in [0.1, 0.15) is 17.2 Å². The molecule has 0 aliphatic rings. The molecule has 0 amide bonds. The maximum Gasteiger partial charge on any atom is 0.352 e. The van der Waals surface area contributed by atoms with Crippen LogP contribution in [0.2, 0.25) is 0 Å². The molecular weight excluding hydrogens is 440 g/mol. The second-order valence-corrected chi connectivity index (χ2v) is 8.77. The number of carboxylic acids is 1. The lowest BCUT2D eigenvalue weighted by molar-refractivity contribution is 0.0684. The van der Waals surface area contributed by atoms with Crippen LogP contribution in [-0.2, 0) is 19.5 Å². The van der Waals surface area contributed by atoms with Crippen LogP contribution in [0.1, 0.15) is 38.3 Å². The van der Waals surface area contributed by atoms with Crippen molar-refractivity contribution < 1.29 is 19.4 Å². The number of aromatic carboxylic acids is 1. The van der Waals surface area contributed by atoms with Crippen LogP contribution < -0.4 is 14.8 Å². The molecule has 0 saturated carbocycles. The first-order chi connectivity index (χ1) is 16.9. The predicted octanol–water partition coefficient (Wildman–Crippen LogP) is 5.35. The molecule has 0 aliphatic carbocycles. The highest BCUT2D eigenvalue weighted by Gasteiger charge is 2.22. The molecule has 3 aromatic carbocycles. The van der Waals surface area contributed by atoms with Crippen molar-refractivity contribution in [3.63, 3.8) is 0 Å². The number of aryl methyl sites for hydroxylation is 2. The van der Waals surface area contributed by atoms with Crippen molar-refractivity contribution in [1.29, 1.82) is 0 Å². The number of rotatable bonds is 10. The Morgan fingerprint density at radius 1 is 0.971 bits per heavy atom. The third-order valence-electron chi connectivity index (χ3n) is 6.48. The van der Waals surface area contributed by atoms with Gasteiger partial charge < -0.3 is 24.5 Å². The topological polar surface area (TPSA) is 72.7 Å². The van der Waals surface area contributed by atoms with Crippen LogP contribution in [-0.4, -0.2) is 36.4 Å². The number of hydrogen-bond donors (Lipinski definition) is 2. The van der Waals surface area contributed by atoms with Gasteiger partial charge in [-0.2, -0.15) is 0 Å². The number of ether oxygens (including phenoxy) is 2. The van der Waals surface area contributed by atoms with E-state index in [0.29, 0.717) is 25.3 Å². The SMILES string of the molecule is COc1ccc(OC)c(CCNCc2c(C(=O)O)n(Cc3ccccc3C)c3cc(C)ccc23)c1. The van der Waals surface area contributed by atoms with Gasteiger partial charge in [0.05, 0.1) is 14.2 Å². The van der Waals surface area contributed by atoms with Gasteiger partial charge in [-0.25, -0.2) is 4.79 Å². The summed E-state index contributed by atoms with van der Waals surface area (Å²) in [6.07, 6.45) is 0.726. The van der Waals surface area contributed by atoms with E-state index in [4.69, 9.17) is 9.47 Å². The summed E-state index contributed by atoms with van der Waals surface area (Å²) >= 11 is 0. The Morgan fingerprint density at radius 2 is 1.77 bits per heavy atom. The number of methoxy groups -OCH3 is 2. The minimum absolute atomic E-state index is 0.334. The van der Waals surface area contributed by atoms with Crippen LogP contribution >= 0.6 is 0 Å². The molecule has 6 nitrogen and oxygen atoms in total. The average molecular weight is 473 g/mol. The number of nitrogens with zero attached hydrogens (tertiary/aromatic N) is 1. The molecule has 6 heteroatoms. The Morgan fingerprint density at radius 3 is 2.49 bits per heavy atom. The summed E-state index contributed by atoms with van der Waals surface area (Å²) in [5.41, 5.74) is 6.47. The molecule has 0 radical (unpaired) electrons. The number of carbonyl (C=O) groups is 1. The van der Waals surface area contributed by atoms with Crippen LogP contribution in [0.4, 0.5) is 0 Å². The lowest BCUT2D eigenvalue weighted by Crippen LogP contribution is -2.20. The summed E-state index contributed by atoms with van der Waals surface area (Å²) in [7, 11) is 3.30. The van der Waals surface area contributed by atoms with Crippen molar-refractivity contribution in [2.45, 2.75) is 33.4 Å². The Kier molecular flexibility index (Phi) is 7.42. The molecule has 35 heavy (non-hydrogen) atoms. The molecule has 0 spiro atoms. The van der Waals surface area contributed by atoms with E-state index in [0.717, 1.165) is 56.6 Å². The van der Waals surface area contributed by atoms with Gasteiger partial charge in [0.25, 0.3) is 0 Å². The Balaban J connectivity index is 1.63. The van der Waals surface area contributed by atoms with E-state index in [1.165, 1.54) is 0 Å². The van der Waals surface area contributed by atoms with E-state index >= 15 is 0 Å². The zero-order valence-electron chi connectivity index (χ0n) is 20.7. The lowest BCUT2D eigenvalue weighted by atomic mass is 10.1. The third kappa shape index (κ3) is 5.17. The number of aromatic nitrogens is 1. The second-order valence-electron chi connectivity index (χ2n) is 8.77. The molecule has 1 aromatic heterocycles. The minimum atomic E-state index is -0.918. The summed E-state index contributed by atoms with van der Waals surface area (Å²) in [6, 6.07) is 20.0. The van der Waals surface area contributed by atoms with Gasteiger partial charge in [0.2, 0.25) is 0 Å². The van der Waals surface area contributed by atoms with Gasteiger partial charge in [0.15, 0.2) is 0 Å². The van der Waals surface area contributed by atoms with Crippen molar-refractivity contribution in [1.82, 2.24) is 9.88 Å². The van der Waals surface area contributed by atoms with E-state index < -0.39 is 5.97 Å². The molecule has 0 bridgehead atoms. The maximum atomic E-state index is 12.5. The first kappa shape index (κ1) is 24.4. The summed E-state index contributed by atoms with van der Waals surface area (Å²) in [6.45, 7) is 5.72. The van der Waals surface area contributed by atoms with Crippen molar-refractivity contribution in [2.75, 3.05) is 20.8 Å². The van der Waals surface area contributed by atoms with Gasteiger partial charge in [-0.05, 0) is 73.3 Å². The van der Waals surface area contributed by atoms with Crippen LogP contribution in [0.5, 0.6) is 11.5 Å². The fraction of sp³-hybridized carbons (Fsp3) is 0.276. The first-order valence-electron chi connectivity index (χ1n) is 11.7. The molecule has 182 valence electrons. The number of benzene rings is 3. The number of nitrogens with one attached hydrogen (secondary N) is 1. The van der Waals surface area contributed by atoms with E-state index in [1.807, 2.05) is 54.0 Å². The van der Waals surface area contributed by atoms with Gasteiger partial charge in [-0.3, -0.25) is 0 Å². The lowest BCUT2D eigenvalue weighted by Gasteiger charge is -2.12. The van der Waals surface area contributed by atoms with Crippen LogP contribution in [0.15, 0.2) is 60.7 Å². The highest BCUT2D eigenvalue weighted by molar-refractivity contribution is 5.98. The molecule has 0 aliphatic heterocycles. The van der Waals surface area contributed by atoms with Gasteiger partial charge in [-0.15, -0.1) is 0 Å². The molecule has 0 unspecified atom stereocenters.